The minimum atomic E-state index is 0. The zero-order chi connectivity index (χ0) is 16.0. The van der Waals surface area contributed by atoms with Crippen LogP contribution in [0.1, 0.15) is 52.2 Å². The predicted octanol–water partition coefficient (Wildman–Crippen LogP) is 3.81. The molecule has 128 valence electrons. The van der Waals surface area contributed by atoms with Crippen molar-refractivity contribution >= 4 is 41.3 Å². The van der Waals surface area contributed by atoms with Crippen LogP contribution >= 0.6 is 35.3 Å². The van der Waals surface area contributed by atoms with Crippen molar-refractivity contribution in [3.8, 4) is 0 Å². The van der Waals surface area contributed by atoms with Crippen LogP contribution < -0.4 is 10.6 Å². The highest BCUT2D eigenvalue weighted by Gasteiger charge is 2.17. The maximum atomic E-state index is 4.71. The highest BCUT2D eigenvalue weighted by atomic mass is 127. The molecule has 0 aliphatic rings. The van der Waals surface area contributed by atoms with Gasteiger partial charge in [0.25, 0.3) is 0 Å². The molecule has 0 saturated heterocycles. The molecule has 0 amide bonds. The van der Waals surface area contributed by atoms with Crippen LogP contribution in [0.25, 0.3) is 0 Å². The van der Waals surface area contributed by atoms with E-state index in [9.17, 15) is 0 Å². The van der Waals surface area contributed by atoms with Crippen molar-refractivity contribution in [1.82, 2.24) is 15.6 Å². The Kier molecular flexibility index (Phi) is 9.54. The number of hydrogen-bond acceptors (Lipinski definition) is 3. The maximum Gasteiger partial charge on any atom is 0.191 e. The van der Waals surface area contributed by atoms with E-state index in [4.69, 9.17) is 4.98 Å². The lowest BCUT2D eigenvalue weighted by Crippen LogP contribution is -2.44. The zero-order valence-corrected chi connectivity index (χ0v) is 18.0. The van der Waals surface area contributed by atoms with Crippen molar-refractivity contribution in [2.24, 2.45) is 10.9 Å². The first-order valence-electron chi connectivity index (χ1n) is 7.66. The standard InChI is InChI=1S/C16H30N4S.HI/c1-11(2)12(3)19-15(17-7)18-9-8-14-20-13(10-21-14)16(4,5)6;/h10-12H,8-9H2,1-7H3,(H2,17,18,19);1H. The first-order chi connectivity index (χ1) is 9.74. The molecule has 1 atom stereocenters. The van der Waals surface area contributed by atoms with Gasteiger partial charge < -0.3 is 10.6 Å². The van der Waals surface area contributed by atoms with Gasteiger partial charge in [-0.15, -0.1) is 35.3 Å². The van der Waals surface area contributed by atoms with Gasteiger partial charge in [-0.05, 0) is 12.8 Å². The van der Waals surface area contributed by atoms with E-state index in [1.807, 2.05) is 7.05 Å². The van der Waals surface area contributed by atoms with Crippen LogP contribution in [0.2, 0.25) is 0 Å². The summed E-state index contributed by atoms with van der Waals surface area (Å²) in [6.45, 7) is 14.0. The lowest BCUT2D eigenvalue weighted by atomic mass is 9.93. The molecule has 22 heavy (non-hydrogen) atoms. The minimum absolute atomic E-state index is 0. The van der Waals surface area contributed by atoms with E-state index < -0.39 is 0 Å². The Morgan fingerprint density at radius 2 is 1.95 bits per heavy atom. The Morgan fingerprint density at radius 3 is 2.41 bits per heavy atom. The molecule has 0 aromatic carbocycles. The van der Waals surface area contributed by atoms with Gasteiger partial charge >= 0.3 is 0 Å². The van der Waals surface area contributed by atoms with E-state index in [0.717, 1.165) is 18.9 Å². The van der Waals surface area contributed by atoms with Gasteiger partial charge in [-0.2, -0.15) is 0 Å². The number of aromatic nitrogens is 1. The van der Waals surface area contributed by atoms with Gasteiger partial charge in [0.2, 0.25) is 0 Å². The van der Waals surface area contributed by atoms with Gasteiger partial charge in [0.15, 0.2) is 5.96 Å². The summed E-state index contributed by atoms with van der Waals surface area (Å²) in [5.41, 5.74) is 1.31. The highest BCUT2D eigenvalue weighted by Crippen LogP contribution is 2.23. The number of nitrogens with one attached hydrogen (secondary N) is 2. The summed E-state index contributed by atoms with van der Waals surface area (Å²) in [7, 11) is 1.81. The van der Waals surface area contributed by atoms with Gasteiger partial charge in [-0.1, -0.05) is 34.6 Å². The number of hydrogen-bond donors (Lipinski definition) is 2. The van der Waals surface area contributed by atoms with E-state index in [1.165, 1.54) is 10.7 Å². The van der Waals surface area contributed by atoms with E-state index in [1.54, 1.807) is 11.3 Å². The number of guanidine groups is 1. The monoisotopic (exact) mass is 438 g/mol. The van der Waals surface area contributed by atoms with Crippen molar-refractivity contribution in [1.29, 1.82) is 0 Å². The second kappa shape index (κ2) is 9.70. The molecular weight excluding hydrogens is 407 g/mol. The molecule has 1 aromatic rings. The first-order valence-corrected chi connectivity index (χ1v) is 8.54. The maximum absolute atomic E-state index is 4.71. The molecule has 0 fully saturated rings. The molecule has 0 bridgehead atoms. The zero-order valence-electron chi connectivity index (χ0n) is 14.9. The molecule has 1 aromatic heterocycles. The topological polar surface area (TPSA) is 49.3 Å². The molecule has 2 N–H and O–H groups in total. The molecule has 6 heteroatoms. The molecule has 0 aliphatic carbocycles. The van der Waals surface area contributed by atoms with Gasteiger partial charge in [-0.3, -0.25) is 4.99 Å². The number of rotatable bonds is 5. The van der Waals surface area contributed by atoms with Gasteiger partial charge in [-0.25, -0.2) is 4.98 Å². The van der Waals surface area contributed by atoms with E-state index in [0.29, 0.717) is 12.0 Å². The van der Waals surface area contributed by atoms with Crippen molar-refractivity contribution in [2.45, 2.75) is 59.4 Å². The van der Waals surface area contributed by atoms with Crippen molar-refractivity contribution < 1.29 is 0 Å². The Hall–Kier alpha value is -0.370. The largest absolute Gasteiger partial charge is 0.356 e. The molecule has 1 rings (SSSR count). The summed E-state index contributed by atoms with van der Waals surface area (Å²) in [4.78, 5) is 8.98. The Balaban J connectivity index is 0.00000441. The SMILES string of the molecule is CN=C(NCCc1nc(C(C)(C)C)cs1)NC(C)C(C)C.I. The number of nitrogens with zero attached hydrogens (tertiary/aromatic N) is 2. The first kappa shape index (κ1) is 21.6. The average molecular weight is 438 g/mol. The summed E-state index contributed by atoms with van der Waals surface area (Å²) >= 11 is 1.74. The Labute approximate surface area is 156 Å². The molecule has 0 saturated carbocycles. The molecule has 0 radical (unpaired) electrons. The number of thiazole rings is 1. The van der Waals surface area contributed by atoms with Crippen LogP contribution in [-0.2, 0) is 11.8 Å². The summed E-state index contributed by atoms with van der Waals surface area (Å²) in [6.07, 6.45) is 0.928. The fourth-order valence-electron chi connectivity index (χ4n) is 1.63. The molecule has 0 aliphatic heterocycles. The second-order valence-electron chi connectivity index (χ2n) is 6.80. The van der Waals surface area contributed by atoms with Crippen molar-refractivity contribution in [2.75, 3.05) is 13.6 Å². The van der Waals surface area contributed by atoms with Gasteiger partial charge in [0.05, 0.1) is 10.7 Å². The minimum Gasteiger partial charge on any atom is -0.356 e. The average Bonchev–Trinajstić information content (AvgIpc) is 2.85. The van der Waals surface area contributed by atoms with E-state index in [-0.39, 0.29) is 29.4 Å². The Bertz CT molecular complexity index is 463. The van der Waals surface area contributed by atoms with E-state index in [2.05, 4.69) is 62.5 Å². The van der Waals surface area contributed by atoms with Crippen LogP contribution in [0, 0.1) is 5.92 Å². The third-order valence-corrected chi connectivity index (χ3v) is 4.45. The quantitative estimate of drug-likeness (QED) is 0.418. The smallest absolute Gasteiger partial charge is 0.191 e. The van der Waals surface area contributed by atoms with Crippen molar-refractivity contribution in [3.05, 3.63) is 16.1 Å². The van der Waals surface area contributed by atoms with Crippen LogP contribution in [-0.4, -0.2) is 30.6 Å². The molecule has 0 spiro atoms. The van der Waals surface area contributed by atoms with E-state index >= 15 is 0 Å². The fourth-order valence-corrected chi connectivity index (χ4v) is 2.66. The normalized spacial score (nSPS) is 13.7. The third-order valence-electron chi connectivity index (χ3n) is 3.54. The van der Waals surface area contributed by atoms with Crippen molar-refractivity contribution in [3.63, 3.8) is 0 Å². The highest BCUT2D eigenvalue weighted by molar-refractivity contribution is 14.0. The number of aliphatic imine (C=N–C) groups is 1. The second-order valence-corrected chi connectivity index (χ2v) is 7.75. The van der Waals surface area contributed by atoms with Crippen LogP contribution in [0.3, 0.4) is 0 Å². The molecule has 1 unspecified atom stereocenters. The lowest BCUT2D eigenvalue weighted by molar-refractivity contribution is 0.481. The predicted molar refractivity (Wildman–Crippen MR) is 109 cm³/mol. The fraction of sp³-hybridized carbons (Fsp3) is 0.750. The Morgan fingerprint density at radius 1 is 1.32 bits per heavy atom. The lowest BCUT2D eigenvalue weighted by Gasteiger charge is -2.20. The van der Waals surface area contributed by atoms with Crippen LogP contribution in [0.15, 0.2) is 10.4 Å². The third kappa shape index (κ3) is 7.26. The van der Waals surface area contributed by atoms with Gasteiger partial charge in [0.1, 0.15) is 0 Å². The molecule has 4 nitrogen and oxygen atoms in total. The molecule has 1 heterocycles. The van der Waals surface area contributed by atoms with Gasteiger partial charge in [0, 0.05) is 36.9 Å². The summed E-state index contributed by atoms with van der Waals surface area (Å²) in [6, 6.07) is 0.406. The molecular formula is C16H31IN4S. The number of halogens is 1. The summed E-state index contributed by atoms with van der Waals surface area (Å²) in [5, 5.41) is 10.1. The van der Waals surface area contributed by atoms with Crippen LogP contribution in [0.4, 0.5) is 0 Å². The summed E-state index contributed by atoms with van der Waals surface area (Å²) < 4.78 is 0. The van der Waals surface area contributed by atoms with Crippen LogP contribution in [0.5, 0.6) is 0 Å². The summed E-state index contributed by atoms with van der Waals surface area (Å²) in [5.74, 6) is 1.45.